The average molecular weight is 379 g/mol. The maximum atomic E-state index is 13.6. The zero-order chi connectivity index (χ0) is 19.6. The first-order valence-electron chi connectivity index (χ1n) is 9.56. The quantitative estimate of drug-likeness (QED) is 0.650. The number of urea groups is 1. The number of hydrogen-bond donors (Lipinski definition) is 3. The fourth-order valence-electron chi connectivity index (χ4n) is 3.24. The maximum absolute atomic E-state index is 13.6. The molecule has 1 unspecified atom stereocenters. The van der Waals surface area contributed by atoms with Crippen molar-refractivity contribution in [3.05, 3.63) is 35.6 Å². The van der Waals surface area contributed by atoms with E-state index >= 15 is 0 Å². The Morgan fingerprint density at radius 2 is 1.67 bits per heavy atom. The van der Waals surface area contributed by atoms with Crippen LogP contribution in [0.4, 0.5) is 9.18 Å². The third-order valence-corrected chi connectivity index (χ3v) is 5.14. The predicted octanol–water partition coefficient (Wildman–Crippen LogP) is 2.70. The lowest BCUT2D eigenvalue weighted by atomic mass is 9.82. The van der Waals surface area contributed by atoms with Gasteiger partial charge in [0.1, 0.15) is 5.82 Å². The Labute approximate surface area is 160 Å². The van der Waals surface area contributed by atoms with Crippen molar-refractivity contribution in [2.24, 2.45) is 11.8 Å². The largest absolute Gasteiger partial charge is 0.380 e. The highest BCUT2D eigenvalue weighted by atomic mass is 19.1. The third kappa shape index (κ3) is 7.17. The van der Waals surface area contributed by atoms with Gasteiger partial charge in [-0.25, -0.2) is 9.18 Å². The second-order valence-corrected chi connectivity index (χ2v) is 7.21. The predicted molar refractivity (Wildman–Crippen MR) is 102 cm³/mol. The van der Waals surface area contributed by atoms with Crippen LogP contribution in [0.25, 0.3) is 0 Å². The van der Waals surface area contributed by atoms with Gasteiger partial charge in [-0.15, -0.1) is 0 Å². The van der Waals surface area contributed by atoms with Gasteiger partial charge in [0.2, 0.25) is 0 Å². The van der Waals surface area contributed by atoms with Gasteiger partial charge < -0.3 is 20.7 Å². The molecule has 1 fully saturated rings. The first-order valence-corrected chi connectivity index (χ1v) is 9.56. The molecule has 1 aliphatic rings. The van der Waals surface area contributed by atoms with Gasteiger partial charge in [0.15, 0.2) is 0 Å². The summed E-state index contributed by atoms with van der Waals surface area (Å²) in [7, 11) is 1.61. The molecule has 0 spiro atoms. The summed E-state index contributed by atoms with van der Waals surface area (Å²) in [6.45, 7) is 3.59. The lowest BCUT2D eigenvalue weighted by molar-refractivity contribution is 0.0937. The molecule has 3 amide bonds. The van der Waals surface area contributed by atoms with Crippen molar-refractivity contribution in [2.75, 3.05) is 26.7 Å². The van der Waals surface area contributed by atoms with Gasteiger partial charge in [0.05, 0.1) is 11.7 Å². The smallest absolute Gasteiger partial charge is 0.314 e. The summed E-state index contributed by atoms with van der Waals surface area (Å²) in [4.78, 5) is 23.8. The monoisotopic (exact) mass is 379 g/mol. The first kappa shape index (κ1) is 21.2. The van der Waals surface area contributed by atoms with E-state index in [1.807, 2.05) is 6.92 Å². The number of halogens is 1. The zero-order valence-electron chi connectivity index (χ0n) is 16.1. The van der Waals surface area contributed by atoms with Crippen molar-refractivity contribution in [1.82, 2.24) is 16.0 Å². The highest BCUT2D eigenvalue weighted by molar-refractivity contribution is 5.94. The molecule has 6 nitrogen and oxygen atoms in total. The van der Waals surface area contributed by atoms with E-state index in [4.69, 9.17) is 4.74 Å². The summed E-state index contributed by atoms with van der Waals surface area (Å²) < 4.78 is 18.7. The van der Waals surface area contributed by atoms with E-state index in [2.05, 4.69) is 16.0 Å². The number of nitrogens with one attached hydrogen (secondary N) is 3. The van der Waals surface area contributed by atoms with Crippen molar-refractivity contribution >= 4 is 11.9 Å². The van der Waals surface area contributed by atoms with Gasteiger partial charge in [-0.3, -0.25) is 4.79 Å². The Morgan fingerprint density at radius 1 is 1.07 bits per heavy atom. The summed E-state index contributed by atoms with van der Waals surface area (Å²) in [5.74, 6) is -0.00993. The molecule has 0 heterocycles. The van der Waals surface area contributed by atoms with E-state index in [1.54, 1.807) is 19.2 Å². The second kappa shape index (κ2) is 10.9. The molecular weight excluding hydrogens is 349 g/mol. The zero-order valence-corrected chi connectivity index (χ0v) is 16.1. The van der Waals surface area contributed by atoms with Crippen molar-refractivity contribution in [3.8, 4) is 0 Å². The van der Waals surface area contributed by atoms with Crippen LogP contribution in [0.1, 0.15) is 43.0 Å². The number of rotatable bonds is 8. The van der Waals surface area contributed by atoms with Crippen LogP contribution in [-0.4, -0.2) is 44.8 Å². The molecule has 150 valence electrons. The first-order chi connectivity index (χ1) is 13.0. The lowest BCUT2D eigenvalue weighted by Gasteiger charge is -2.28. The van der Waals surface area contributed by atoms with Crippen molar-refractivity contribution < 1.29 is 18.7 Å². The van der Waals surface area contributed by atoms with E-state index < -0.39 is 5.82 Å². The Bertz CT molecular complexity index is 618. The molecular formula is C20H30FN3O3. The minimum absolute atomic E-state index is 0.00856. The molecule has 0 bridgehead atoms. The van der Waals surface area contributed by atoms with Gasteiger partial charge in [-0.2, -0.15) is 0 Å². The van der Waals surface area contributed by atoms with Crippen LogP contribution in [0.15, 0.2) is 24.3 Å². The fraction of sp³-hybridized carbons (Fsp3) is 0.600. The van der Waals surface area contributed by atoms with Crippen LogP contribution in [0, 0.1) is 17.7 Å². The highest BCUT2D eigenvalue weighted by Crippen LogP contribution is 2.28. The molecule has 1 aromatic rings. The molecule has 2 rings (SSSR count). The van der Waals surface area contributed by atoms with Gasteiger partial charge in [0.25, 0.3) is 5.91 Å². The van der Waals surface area contributed by atoms with Gasteiger partial charge in [-0.1, -0.05) is 12.1 Å². The summed E-state index contributed by atoms with van der Waals surface area (Å²) in [5, 5.41) is 8.53. The van der Waals surface area contributed by atoms with Crippen molar-refractivity contribution in [2.45, 2.75) is 38.7 Å². The highest BCUT2D eigenvalue weighted by Gasteiger charge is 2.22. The van der Waals surface area contributed by atoms with Gasteiger partial charge in [0, 0.05) is 26.7 Å². The molecule has 0 saturated heterocycles. The number of benzene rings is 1. The minimum Gasteiger partial charge on any atom is -0.380 e. The van der Waals surface area contributed by atoms with Crippen LogP contribution >= 0.6 is 0 Å². The van der Waals surface area contributed by atoms with Crippen LogP contribution in [0.3, 0.4) is 0 Å². The molecule has 1 aromatic carbocycles. The summed E-state index contributed by atoms with van der Waals surface area (Å²) >= 11 is 0. The van der Waals surface area contributed by atoms with Gasteiger partial charge >= 0.3 is 6.03 Å². The van der Waals surface area contributed by atoms with E-state index in [0.717, 1.165) is 25.7 Å². The molecule has 0 aromatic heterocycles. The second-order valence-electron chi connectivity index (χ2n) is 7.21. The molecule has 27 heavy (non-hydrogen) atoms. The van der Waals surface area contributed by atoms with E-state index in [0.29, 0.717) is 31.5 Å². The lowest BCUT2D eigenvalue weighted by Crippen LogP contribution is -2.42. The summed E-state index contributed by atoms with van der Waals surface area (Å²) in [5.41, 5.74) is 0.0872. The summed E-state index contributed by atoms with van der Waals surface area (Å²) in [6.07, 6.45) is 3.99. The number of carbonyl (C=O) groups excluding carboxylic acids is 2. The van der Waals surface area contributed by atoms with E-state index in [1.165, 1.54) is 12.1 Å². The standard InChI is InChI=1S/C20H30FN3O3/c1-14(27-2)11-23-20(26)24-13-16-9-7-15(8-10-16)12-22-19(25)17-5-3-4-6-18(17)21/h3-6,14-16H,7-13H2,1-2H3,(H,22,25)(H2,23,24,26). The Hall–Kier alpha value is -2.15. The topological polar surface area (TPSA) is 79.5 Å². The van der Waals surface area contributed by atoms with Crippen LogP contribution in [-0.2, 0) is 4.74 Å². The molecule has 1 saturated carbocycles. The molecule has 7 heteroatoms. The van der Waals surface area contributed by atoms with Crippen LogP contribution in [0.2, 0.25) is 0 Å². The number of hydrogen-bond acceptors (Lipinski definition) is 3. The van der Waals surface area contributed by atoms with Crippen molar-refractivity contribution in [1.29, 1.82) is 0 Å². The average Bonchev–Trinajstić information content (AvgIpc) is 2.69. The van der Waals surface area contributed by atoms with Gasteiger partial charge in [-0.05, 0) is 56.6 Å². The minimum atomic E-state index is -0.497. The number of ether oxygens (including phenoxy) is 1. The third-order valence-electron chi connectivity index (χ3n) is 5.14. The molecule has 1 atom stereocenters. The van der Waals surface area contributed by atoms with Crippen LogP contribution < -0.4 is 16.0 Å². The molecule has 0 aliphatic heterocycles. The SMILES string of the molecule is COC(C)CNC(=O)NCC1CCC(CNC(=O)c2ccccc2F)CC1. The number of amides is 3. The Balaban J connectivity index is 1.62. The summed E-state index contributed by atoms with van der Waals surface area (Å²) in [6, 6.07) is 5.84. The Kier molecular flexibility index (Phi) is 8.51. The maximum Gasteiger partial charge on any atom is 0.314 e. The molecule has 1 aliphatic carbocycles. The Morgan fingerprint density at radius 3 is 2.26 bits per heavy atom. The van der Waals surface area contributed by atoms with Crippen LogP contribution in [0.5, 0.6) is 0 Å². The molecule has 0 radical (unpaired) electrons. The van der Waals surface area contributed by atoms with E-state index in [-0.39, 0.29) is 23.6 Å². The number of methoxy groups -OCH3 is 1. The fourth-order valence-corrected chi connectivity index (χ4v) is 3.24. The van der Waals surface area contributed by atoms with E-state index in [9.17, 15) is 14.0 Å². The normalized spacial score (nSPS) is 20.6. The molecule has 3 N–H and O–H groups in total. The van der Waals surface area contributed by atoms with Crippen molar-refractivity contribution in [3.63, 3.8) is 0 Å². The number of carbonyl (C=O) groups is 2.